The van der Waals surface area contributed by atoms with Crippen molar-refractivity contribution in [3.05, 3.63) is 117 Å². The van der Waals surface area contributed by atoms with Crippen LogP contribution in [0, 0.1) is 11.8 Å². The molecule has 2 saturated heterocycles. The number of nitrogens with one attached hydrogen (secondary N) is 7. The van der Waals surface area contributed by atoms with Crippen LogP contribution in [-0.2, 0) is 67.0 Å². The smallest absolute Gasteiger partial charge is 0.330 e. The Morgan fingerprint density at radius 3 is 1.81 bits per heavy atom. The highest BCUT2D eigenvalue weighted by Gasteiger charge is 2.49. The number of halogens is 2. The van der Waals surface area contributed by atoms with E-state index in [1.807, 2.05) is 13.8 Å². The van der Waals surface area contributed by atoms with E-state index in [0.29, 0.717) is 0 Å². The second kappa shape index (κ2) is 36.9. The number of aliphatic hydroxyl groups is 5. The largest absolute Gasteiger partial charge is 0.508 e. The van der Waals surface area contributed by atoms with Crippen molar-refractivity contribution in [2.75, 3.05) is 13.7 Å². The topological polar surface area (TPSA) is 628 Å². The first-order valence-corrected chi connectivity index (χ1v) is 35.7. The van der Waals surface area contributed by atoms with E-state index in [-0.39, 0.29) is 45.7 Å². The van der Waals surface area contributed by atoms with Crippen molar-refractivity contribution in [3.8, 4) is 57.1 Å². The lowest BCUT2D eigenvalue weighted by molar-refractivity contribution is -0.277. The van der Waals surface area contributed by atoms with E-state index < -0.39 is 261 Å². The average Bonchev–Trinajstić information content (AvgIpc) is 0.765. The van der Waals surface area contributed by atoms with Crippen molar-refractivity contribution in [2.45, 2.75) is 177 Å². The van der Waals surface area contributed by atoms with Gasteiger partial charge in [0, 0.05) is 36.1 Å². The highest BCUT2D eigenvalue weighted by Crippen LogP contribution is 2.50. The number of phenols is 3. The molecule has 24 N–H and O–H groups in total. The van der Waals surface area contributed by atoms with Crippen LogP contribution in [0.25, 0.3) is 11.1 Å². The number of aliphatic carboxylic acids is 3. The van der Waals surface area contributed by atoms with Crippen LogP contribution >= 0.6 is 23.2 Å². The summed E-state index contributed by atoms with van der Waals surface area (Å²) in [5, 5.41) is 134. The molecule has 5 aromatic rings. The third-order valence-corrected chi connectivity index (χ3v) is 19.1. The van der Waals surface area contributed by atoms with Crippen molar-refractivity contribution in [2.24, 2.45) is 29.0 Å². The number of Topliss-reactive ketones (excluding diaryl/α,β-unsaturated/α-hetero) is 1. The fraction of sp³-hybridized carbons (Fsp3) is 0.438. The summed E-state index contributed by atoms with van der Waals surface area (Å²) >= 11 is 14.2. The van der Waals surface area contributed by atoms with Crippen LogP contribution in [0.2, 0.25) is 10.0 Å². The molecular weight excluding hydrogens is 1540 g/mol. The van der Waals surface area contributed by atoms with Crippen LogP contribution < -0.4 is 68.6 Å². The summed E-state index contributed by atoms with van der Waals surface area (Å²) in [6, 6.07) is -1.27. The van der Waals surface area contributed by atoms with Crippen molar-refractivity contribution in [1.29, 1.82) is 0 Å². The molecule has 7 heterocycles. The summed E-state index contributed by atoms with van der Waals surface area (Å²) in [6.07, 6.45) is -18.1. The number of fused-ring (bicyclic) bond motifs is 15. The SMILES string of the molecule is CC(=O)O.CC(C)[C@H](N)C(=O)O.CN[C@H](CC(C)C)C(=O)N[C@H]1C(=O)N[C@@H](CC(N)=O)C(=O)N[C@H]2C(=O)N[C@H]3C(=O)N[C@H](C(=O)N[C@H](C(=O)O)c4cc(O)cc(O)c4-c4cc3ccc4O)[C@H](O[C@H]3C[C@](C)(N)C(=O)[C@H](C)O3)c3ccc(c(Cl)c3)Oc3cc2cc(c3O[C@@H]2O[C@H](CO)[C@@H](O)[C@H](O)[C@H]2O)Oc2ccc(cc2Cl)[C@H]1O. The highest BCUT2D eigenvalue weighted by molar-refractivity contribution is 6.32. The van der Waals surface area contributed by atoms with Gasteiger partial charge in [0.05, 0.1) is 34.7 Å². The quantitative estimate of drug-likeness (QED) is 0.0677. The van der Waals surface area contributed by atoms with Gasteiger partial charge in [-0.25, -0.2) is 4.79 Å². The standard InChI is InChI=1S/C66H73Cl2N9O24.C5H11NO2.C2H4O2/c1-23(2)12-34(71-5)58(88)76-49-51(83)26-7-10-38(32(67)14-26)97-40-16-28-17-41(56(40)101-65-54(86)53(85)52(84)42(22-78)99-65)98-39-11-8-27(15-33(39)68)55(100-44-21-66(4,70)57(87)24(3)96-44)50-63(93)75-48(64(94)95)31-18-29(79)19-37(81)45(31)30-13-25(6-9-36(30)80)46(60(90)77-50)74-61(91)47(28)73-59(89)35(20-43(69)82)72-62(49)92;1-3(2)4(6)5(7)8;1-2(3)4/h6-11,13-19,23-24,34-35,42,44,46-55,65,71,78-81,83-86H,12,20-22,70H2,1-5H3,(H2,69,82)(H,72,92)(H,73,89)(H,74,91)(H,75,93)(H,76,88)(H,77,90)(H,94,95);3-4H,6H2,1-2H3,(H,7,8);1H3,(H,3,4)/t24-,34+,35-,42+,44-,46+,47+,48-,49+,50-,51+,52+,53-,54+,55+,65-,66-;4-;/m00./s1. The van der Waals surface area contributed by atoms with Crippen molar-refractivity contribution >= 4 is 88.2 Å². The molecular formula is C73H88Cl2N10O28. The molecule has 0 saturated carbocycles. The zero-order chi connectivity index (χ0) is 83.8. The zero-order valence-corrected chi connectivity index (χ0v) is 63.2. The molecule has 2 fully saturated rings. The molecule has 0 spiro atoms. The third kappa shape index (κ3) is 20.8. The van der Waals surface area contributed by atoms with Crippen LogP contribution in [0.1, 0.15) is 126 Å². The predicted molar refractivity (Wildman–Crippen MR) is 392 cm³/mol. The fourth-order valence-corrected chi connectivity index (χ4v) is 13.1. The van der Waals surface area contributed by atoms with Crippen LogP contribution in [0.4, 0.5) is 0 Å². The molecule has 7 amide bonds. The molecule has 0 aromatic heterocycles. The van der Waals surface area contributed by atoms with Gasteiger partial charge in [-0.1, -0.05) is 69.1 Å². The van der Waals surface area contributed by atoms with E-state index >= 15 is 19.2 Å². The van der Waals surface area contributed by atoms with Crippen LogP contribution in [-0.4, -0.2) is 214 Å². The lowest BCUT2D eigenvalue weighted by atomic mass is 9.88. The van der Waals surface area contributed by atoms with Gasteiger partial charge in [0.1, 0.15) is 108 Å². The first-order chi connectivity index (χ1) is 52.9. The van der Waals surface area contributed by atoms with E-state index in [2.05, 4.69) is 37.2 Å². The number of aliphatic hydroxyl groups excluding tert-OH is 5. The number of ketones is 1. The maximum Gasteiger partial charge on any atom is 0.330 e. The number of hydrogen-bond donors (Lipinski definition) is 21. The first kappa shape index (κ1) is 88.0. The highest BCUT2D eigenvalue weighted by atomic mass is 35.5. The zero-order valence-electron chi connectivity index (χ0n) is 61.7. The van der Waals surface area contributed by atoms with Gasteiger partial charge < -0.3 is 139 Å². The molecule has 0 radical (unpaired) electrons. The van der Waals surface area contributed by atoms with E-state index in [1.54, 1.807) is 13.8 Å². The summed E-state index contributed by atoms with van der Waals surface area (Å²) in [6.45, 7) is 10.0. The first-order valence-electron chi connectivity index (χ1n) is 34.9. The number of carbonyl (C=O) groups excluding carboxylic acids is 8. The monoisotopic (exact) mass is 1620 g/mol. The van der Waals surface area contributed by atoms with Gasteiger partial charge in [0.15, 0.2) is 29.6 Å². The Labute approximate surface area is 653 Å². The summed E-state index contributed by atoms with van der Waals surface area (Å²) in [5.41, 5.74) is 12.9. The predicted octanol–water partition coefficient (Wildman–Crippen LogP) is 0.460. The number of carbonyl (C=O) groups is 11. The number of ether oxygens (including phenoxy) is 6. The maximum atomic E-state index is 16.1. The second-order valence-electron chi connectivity index (χ2n) is 28.1. The normalized spacial score (nSPS) is 26.9. The summed E-state index contributed by atoms with van der Waals surface area (Å²) in [4.78, 5) is 151. The van der Waals surface area contributed by atoms with E-state index in [1.165, 1.54) is 39.1 Å². The summed E-state index contributed by atoms with van der Waals surface area (Å²) in [5.74, 6) is -18.4. The molecule has 5 aromatic carbocycles. The van der Waals surface area contributed by atoms with Gasteiger partial charge in [-0.3, -0.25) is 47.9 Å². The number of benzene rings is 5. The molecule has 0 unspecified atom stereocenters. The van der Waals surface area contributed by atoms with Crippen LogP contribution in [0.3, 0.4) is 0 Å². The molecule has 612 valence electrons. The van der Waals surface area contributed by atoms with E-state index in [4.69, 9.17) is 83.8 Å². The Hall–Kier alpha value is -10.6. The van der Waals surface area contributed by atoms with Crippen LogP contribution in [0.5, 0.6) is 46.0 Å². The van der Waals surface area contributed by atoms with Crippen molar-refractivity contribution < 1.29 is 137 Å². The van der Waals surface area contributed by atoms with Gasteiger partial charge in [-0.2, -0.15) is 0 Å². The number of nitrogens with two attached hydrogens (primary N) is 3. The summed E-state index contributed by atoms with van der Waals surface area (Å²) in [7, 11) is 1.47. The number of rotatable bonds is 15. The number of phenolic OH excluding ortho intramolecular Hbond substituents is 3. The molecule has 40 heteroatoms. The van der Waals surface area contributed by atoms with Gasteiger partial charge in [0.2, 0.25) is 53.4 Å². The molecule has 7 aliphatic heterocycles. The average molecular weight is 1620 g/mol. The lowest BCUT2D eigenvalue weighted by Crippen LogP contribution is -2.60. The van der Waals surface area contributed by atoms with Gasteiger partial charge >= 0.3 is 11.9 Å². The molecule has 11 bridgehead atoms. The second-order valence-corrected chi connectivity index (χ2v) is 28.9. The third-order valence-electron chi connectivity index (χ3n) is 18.5. The number of aromatic hydroxyl groups is 3. The maximum absolute atomic E-state index is 16.1. The minimum atomic E-state index is -2.35. The Balaban J connectivity index is 0.00000123. The summed E-state index contributed by atoms with van der Waals surface area (Å²) < 4.78 is 37.8. The molecule has 0 aliphatic carbocycles. The lowest BCUT2D eigenvalue weighted by Gasteiger charge is -2.40. The number of carboxylic acid groups (broad SMARTS) is 3. The van der Waals surface area contributed by atoms with Crippen LogP contribution in [0.15, 0.2) is 78.9 Å². The van der Waals surface area contributed by atoms with Crippen molar-refractivity contribution in [3.63, 3.8) is 0 Å². The molecule has 113 heavy (non-hydrogen) atoms. The van der Waals surface area contributed by atoms with Gasteiger partial charge in [-0.15, -0.1) is 0 Å². The van der Waals surface area contributed by atoms with Gasteiger partial charge in [-0.05, 0) is 116 Å². The Kier molecular flexibility index (Phi) is 28.7. The molecule has 18 atom stereocenters. The van der Waals surface area contributed by atoms with E-state index in [9.17, 15) is 74.7 Å². The number of hydrogen-bond acceptors (Lipinski definition) is 28. The minimum Gasteiger partial charge on any atom is -0.508 e. The number of primary amides is 1. The molecule has 12 rings (SSSR count). The Bertz CT molecular complexity index is 4470. The Morgan fingerprint density at radius 2 is 1.27 bits per heavy atom. The minimum absolute atomic E-state index is 0.0208. The van der Waals surface area contributed by atoms with Crippen molar-refractivity contribution in [1.82, 2.24) is 37.2 Å². The Morgan fingerprint density at radius 1 is 0.690 bits per heavy atom. The van der Waals surface area contributed by atoms with Gasteiger partial charge in [0.25, 0.3) is 5.97 Å². The molecule has 7 aliphatic rings. The molecule has 38 nitrogen and oxygen atoms in total. The fourth-order valence-electron chi connectivity index (χ4n) is 12.6. The number of likely N-dealkylation sites (N-methyl/N-ethyl adjacent to an activating group) is 1. The van der Waals surface area contributed by atoms with E-state index in [0.717, 1.165) is 67.6 Å². The number of carboxylic acids is 3. The number of amides is 7.